The normalized spacial score (nSPS) is 27.7. The summed E-state index contributed by atoms with van der Waals surface area (Å²) in [4.78, 5) is 28.9. The molecule has 2 aliphatic rings. The van der Waals surface area contributed by atoms with Crippen LogP contribution in [0.25, 0.3) is 0 Å². The third kappa shape index (κ3) is 9.48. The van der Waals surface area contributed by atoms with Gasteiger partial charge in [0.05, 0.1) is 26.1 Å². The van der Waals surface area contributed by atoms with Crippen molar-refractivity contribution in [2.45, 2.75) is 122 Å². The quantitative estimate of drug-likeness (QED) is 0.329. The predicted molar refractivity (Wildman–Crippen MR) is 124 cm³/mol. The Labute approximate surface area is 190 Å². The molecule has 4 unspecified atom stereocenters. The molecule has 0 aromatic carbocycles. The van der Waals surface area contributed by atoms with Crippen molar-refractivity contribution in [1.29, 1.82) is 0 Å². The van der Waals surface area contributed by atoms with Crippen molar-refractivity contribution in [3.05, 3.63) is 0 Å². The average molecular weight is 439 g/mol. The van der Waals surface area contributed by atoms with E-state index < -0.39 is 0 Å². The Kier molecular flexibility index (Phi) is 11.9. The van der Waals surface area contributed by atoms with Gasteiger partial charge >= 0.3 is 11.9 Å². The van der Waals surface area contributed by atoms with Gasteiger partial charge in [0.15, 0.2) is 0 Å². The van der Waals surface area contributed by atoms with Crippen molar-refractivity contribution in [2.24, 2.45) is 0 Å². The highest BCUT2D eigenvalue weighted by atomic mass is 16.5. The second kappa shape index (κ2) is 14.1. The first-order valence-corrected chi connectivity index (χ1v) is 12.7. The maximum absolute atomic E-state index is 12.0. The first-order chi connectivity index (χ1) is 14.9. The lowest BCUT2D eigenvalue weighted by molar-refractivity contribution is -0.144. The van der Waals surface area contributed by atoms with Crippen molar-refractivity contribution < 1.29 is 19.1 Å². The molecule has 0 amide bonds. The van der Waals surface area contributed by atoms with E-state index in [0.717, 1.165) is 32.4 Å². The maximum Gasteiger partial charge on any atom is 0.307 e. The molecule has 2 heterocycles. The van der Waals surface area contributed by atoms with E-state index in [1.165, 1.54) is 38.5 Å². The molecule has 2 saturated heterocycles. The molecule has 180 valence electrons. The molecule has 2 aliphatic heterocycles. The molecule has 31 heavy (non-hydrogen) atoms. The predicted octanol–water partition coefficient (Wildman–Crippen LogP) is 4.55. The van der Waals surface area contributed by atoms with Crippen molar-refractivity contribution in [3.8, 4) is 0 Å². The van der Waals surface area contributed by atoms with Crippen molar-refractivity contribution in [1.82, 2.24) is 9.80 Å². The van der Waals surface area contributed by atoms with Gasteiger partial charge in [-0.25, -0.2) is 0 Å². The van der Waals surface area contributed by atoms with Gasteiger partial charge in [0.2, 0.25) is 0 Å². The molecular weight excluding hydrogens is 392 g/mol. The fraction of sp³-hybridized carbons (Fsp3) is 0.920. The molecule has 0 spiro atoms. The van der Waals surface area contributed by atoms with Crippen LogP contribution in [0.1, 0.15) is 98.3 Å². The number of nitrogens with zero attached hydrogens (tertiary/aromatic N) is 2. The van der Waals surface area contributed by atoms with Crippen molar-refractivity contribution in [3.63, 3.8) is 0 Å². The van der Waals surface area contributed by atoms with E-state index in [-0.39, 0.29) is 11.9 Å². The number of ether oxygens (including phenoxy) is 2. The Morgan fingerprint density at radius 2 is 1.00 bits per heavy atom. The molecule has 0 saturated carbocycles. The lowest BCUT2D eigenvalue weighted by atomic mass is 9.97. The number of hydrogen-bond donors (Lipinski definition) is 0. The second-order valence-corrected chi connectivity index (χ2v) is 9.74. The van der Waals surface area contributed by atoms with Crippen LogP contribution in [0.5, 0.6) is 0 Å². The van der Waals surface area contributed by atoms with Crippen LogP contribution in [-0.4, -0.2) is 72.2 Å². The van der Waals surface area contributed by atoms with E-state index in [9.17, 15) is 9.59 Å². The number of carbonyl (C=O) groups excluding carboxylic acids is 2. The summed E-state index contributed by atoms with van der Waals surface area (Å²) in [5.74, 6) is -0.199. The van der Waals surface area contributed by atoms with Gasteiger partial charge in [-0.2, -0.15) is 0 Å². The molecular formula is C25H46N2O4. The number of esters is 2. The second-order valence-electron chi connectivity index (χ2n) is 9.74. The van der Waals surface area contributed by atoms with Crippen molar-refractivity contribution >= 4 is 11.9 Å². The number of likely N-dealkylation sites (tertiary alicyclic amines) is 2. The highest BCUT2D eigenvalue weighted by molar-refractivity contribution is 5.69. The van der Waals surface area contributed by atoms with Crippen LogP contribution in [0.2, 0.25) is 0 Å². The lowest BCUT2D eigenvalue weighted by Gasteiger charge is -2.38. The zero-order valence-electron chi connectivity index (χ0n) is 20.4. The molecule has 0 aliphatic carbocycles. The van der Waals surface area contributed by atoms with E-state index in [1.54, 1.807) is 0 Å². The Hall–Kier alpha value is -1.14. The molecule has 0 aromatic rings. The first-order valence-electron chi connectivity index (χ1n) is 12.7. The number of hydrogen-bond acceptors (Lipinski definition) is 6. The highest BCUT2D eigenvalue weighted by Gasteiger charge is 2.25. The largest absolute Gasteiger partial charge is 0.466 e. The molecule has 6 heteroatoms. The summed E-state index contributed by atoms with van der Waals surface area (Å²) in [5, 5.41) is 0. The minimum absolute atomic E-state index is 0.0995. The molecule has 0 aromatic heterocycles. The van der Waals surface area contributed by atoms with Gasteiger partial charge in [0, 0.05) is 37.3 Å². The molecule has 0 radical (unpaired) electrons. The summed E-state index contributed by atoms with van der Waals surface area (Å²) >= 11 is 0. The number of piperidine rings is 2. The molecule has 4 atom stereocenters. The molecule has 2 rings (SSSR count). The lowest BCUT2D eigenvalue weighted by Crippen LogP contribution is -2.44. The fourth-order valence-electron chi connectivity index (χ4n) is 5.17. The molecule has 0 bridgehead atoms. The first kappa shape index (κ1) is 26.1. The zero-order valence-corrected chi connectivity index (χ0v) is 20.4. The van der Waals surface area contributed by atoms with Crippen LogP contribution in [0, 0.1) is 0 Å². The summed E-state index contributed by atoms with van der Waals surface area (Å²) in [7, 11) is 0. The Morgan fingerprint density at radius 1 is 0.645 bits per heavy atom. The summed E-state index contributed by atoms with van der Waals surface area (Å²) in [6.45, 7) is 11.5. The van der Waals surface area contributed by atoms with E-state index in [1.807, 2.05) is 0 Å². The zero-order chi connectivity index (χ0) is 22.6. The number of carbonyl (C=O) groups is 2. The topological polar surface area (TPSA) is 59.1 Å². The maximum atomic E-state index is 12.0. The molecule has 0 N–H and O–H groups in total. The van der Waals surface area contributed by atoms with Gasteiger partial charge in [-0.05, 0) is 72.6 Å². The third-order valence-corrected chi connectivity index (χ3v) is 7.22. The van der Waals surface area contributed by atoms with Gasteiger partial charge in [-0.1, -0.05) is 12.8 Å². The summed E-state index contributed by atoms with van der Waals surface area (Å²) < 4.78 is 10.8. The van der Waals surface area contributed by atoms with Gasteiger partial charge in [-0.15, -0.1) is 0 Å². The third-order valence-electron chi connectivity index (χ3n) is 7.22. The molecule has 6 nitrogen and oxygen atoms in total. The van der Waals surface area contributed by atoms with E-state index >= 15 is 0 Å². The van der Waals surface area contributed by atoms with E-state index in [2.05, 4.69) is 37.5 Å². The van der Waals surface area contributed by atoms with E-state index in [0.29, 0.717) is 50.2 Å². The summed E-state index contributed by atoms with van der Waals surface area (Å²) in [5.41, 5.74) is 0. The Morgan fingerprint density at radius 3 is 1.35 bits per heavy atom. The minimum atomic E-state index is -0.0995. The smallest absolute Gasteiger partial charge is 0.307 e. The minimum Gasteiger partial charge on any atom is -0.466 e. The Balaban J connectivity index is 1.44. The van der Waals surface area contributed by atoms with Crippen molar-refractivity contribution in [2.75, 3.05) is 26.3 Å². The summed E-state index contributed by atoms with van der Waals surface area (Å²) in [6.07, 6.45) is 11.0. The van der Waals surface area contributed by atoms with Gasteiger partial charge in [0.25, 0.3) is 0 Å². The van der Waals surface area contributed by atoms with Crippen LogP contribution in [-0.2, 0) is 19.1 Å². The summed E-state index contributed by atoms with van der Waals surface area (Å²) in [6, 6.07) is 2.24. The van der Waals surface area contributed by atoms with E-state index in [4.69, 9.17) is 9.47 Å². The van der Waals surface area contributed by atoms with Gasteiger partial charge in [0.1, 0.15) is 0 Å². The van der Waals surface area contributed by atoms with Gasteiger partial charge < -0.3 is 9.47 Å². The standard InChI is InChI=1S/C25H46N2O4/c1-20-10-8-11-21(2)26(20)16-14-24(28)30-18-6-5-7-19-31-25(29)15-17-27-22(3)12-9-13-23(27)4/h20-23H,5-19H2,1-4H3. The van der Waals surface area contributed by atoms with Crippen LogP contribution >= 0.6 is 0 Å². The number of rotatable bonds is 12. The molecule has 2 fully saturated rings. The Bertz CT molecular complexity index is 476. The average Bonchev–Trinajstić information content (AvgIpc) is 2.72. The van der Waals surface area contributed by atoms with Crippen LogP contribution in [0.15, 0.2) is 0 Å². The monoisotopic (exact) mass is 438 g/mol. The van der Waals surface area contributed by atoms with Crippen LogP contribution < -0.4 is 0 Å². The van der Waals surface area contributed by atoms with Crippen LogP contribution in [0.3, 0.4) is 0 Å². The fourth-order valence-corrected chi connectivity index (χ4v) is 5.17. The SMILES string of the molecule is CC1CCCC(C)N1CCC(=O)OCCCCCOC(=O)CCN1C(C)CCCC1C. The van der Waals surface area contributed by atoms with Crippen LogP contribution in [0.4, 0.5) is 0 Å². The number of unbranched alkanes of at least 4 members (excludes halogenated alkanes) is 2. The highest BCUT2D eigenvalue weighted by Crippen LogP contribution is 2.23. The van der Waals surface area contributed by atoms with Gasteiger partial charge in [-0.3, -0.25) is 19.4 Å².